The Morgan fingerprint density at radius 3 is 2.65 bits per heavy atom. The van der Waals surface area contributed by atoms with Crippen molar-refractivity contribution in [2.24, 2.45) is 0 Å². The van der Waals surface area contributed by atoms with E-state index in [-0.39, 0.29) is 5.69 Å². The third-order valence-corrected chi connectivity index (χ3v) is 3.91. The molecule has 0 saturated heterocycles. The van der Waals surface area contributed by atoms with Gasteiger partial charge in [0.15, 0.2) is 5.69 Å². The molecule has 0 fully saturated rings. The van der Waals surface area contributed by atoms with Crippen LogP contribution >= 0.6 is 11.3 Å². The molecule has 94 valence electrons. The number of hydrogen-bond donors (Lipinski definition) is 1. The van der Waals surface area contributed by atoms with E-state index in [0.717, 1.165) is 15.3 Å². The van der Waals surface area contributed by atoms with Crippen LogP contribution in [0.4, 0.5) is 0 Å². The number of aromatic amines is 1. The highest BCUT2D eigenvalue weighted by Crippen LogP contribution is 2.34. The predicted octanol–water partition coefficient (Wildman–Crippen LogP) is 2.94. The van der Waals surface area contributed by atoms with Gasteiger partial charge < -0.3 is 0 Å². The van der Waals surface area contributed by atoms with Crippen LogP contribution < -0.4 is 0 Å². The van der Waals surface area contributed by atoms with E-state index < -0.39 is 0 Å². The molecule has 0 aliphatic carbocycles. The van der Waals surface area contributed by atoms with Crippen molar-refractivity contribution >= 4 is 11.3 Å². The molecule has 1 aromatic carbocycles. The summed E-state index contributed by atoms with van der Waals surface area (Å²) < 4.78 is 0. The first kappa shape index (κ1) is 12.1. The summed E-state index contributed by atoms with van der Waals surface area (Å²) >= 11 is 1.51. The molecule has 2 heterocycles. The zero-order chi connectivity index (χ0) is 13.9. The minimum Gasteiger partial charge on any atom is -0.196 e. The Balaban J connectivity index is 2.03. The third-order valence-electron chi connectivity index (χ3n) is 2.77. The largest absolute Gasteiger partial charge is 0.196 e. The van der Waals surface area contributed by atoms with E-state index in [1.54, 1.807) is 6.07 Å². The van der Waals surface area contributed by atoms with Gasteiger partial charge in [-0.25, -0.2) is 0 Å². The third kappa shape index (κ3) is 2.05. The number of aromatic nitrogens is 3. The zero-order valence-electron chi connectivity index (χ0n) is 10.2. The number of rotatable bonds is 2. The average molecular weight is 277 g/mol. The maximum atomic E-state index is 8.96. The Morgan fingerprint density at radius 2 is 1.85 bits per heavy atom. The quantitative estimate of drug-likeness (QED) is 0.779. The summed E-state index contributed by atoms with van der Waals surface area (Å²) in [5.74, 6) is 0. The lowest BCUT2D eigenvalue weighted by Gasteiger charge is -1.97. The summed E-state index contributed by atoms with van der Waals surface area (Å²) in [6, 6.07) is 15.4. The lowest BCUT2D eigenvalue weighted by molar-refractivity contribution is 0.937. The molecule has 0 bridgehead atoms. The summed E-state index contributed by atoms with van der Waals surface area (Å²) in [4.78, 5) is 1.89. The highest BCUT2D eigenvalue weighted by Gasteiger charge is 2.13. The molecule has 0 unspecified atom stereocenters. The van der Waals surface area contributed by atoms with Crippen molar-refractivity contribution in [3.05, 3.63) is 47.7 Å². The zero-order valence-corrected chi connectivity index (χ0v) is 11.0. The lowest BCUT2D eigenvalue weighted by atomic mass is 10.1. The SMILES string of the molecule is N#Cc1cccc(-c2ccc(-c3n[nH]nc3C#N)s2)c1. The van der Waals surface area contributed by atoms with Crippen LogP contribution in [0.15, 0.2) is 36.4 Å². The molecular formula is C14H7N5S. The second kappa shape index (κ2) is 4.96. The average Bonchev–Trinajstić information content (AvgIpc) is 3.15. The number of nitrogens with zero attached hydrogens (tertiary/aromatic N) is 4. The van der Waals surface area contributed by atoms with Gasteiger partial charge in [-0.3, -0.25) is 0 Å². The predicted molar refractivity (Wildman–Crippen MR) is 74.6 cm³/mol. The van der Waals surface area contributed by atoms with E-state index in [9.17, 15) is 0 Å². The molecule has 5 nitrogen and oxygen atoms in total. The van der Waals surface area contributed by atoms with Crippen molar-refractivity contribution in [3.8, 4) is 33.2 Å². The fraction of sp³-hybridized carbons (Fsp3) is 0. The minimum atomic E-state index is 0.282. The van der Waals surface area contributed by atoms with Crippen LogP contribution in [0.2, 0.25) is 0 Å². The van der Waals surface area contributed by atoms with E-state index in [0.29, 0.717) is 11.3 Å². The second-order valence-corrected chi connectivity index (χ2v) is 5.07. The fourth-order valence-corrected chi connectivity index (χ4v) is 2.84. The van der Waals surface area contributed by atoms with Crippen molar-refractivity contribution in [2.45, 2.75) is 0 Å². The van der Waals surface area contributed by atoms with Crippen molar-refractivity contribution in [2.75, 3.05) is 0 Å². The molecule has 6 heteroatoms. The maximum absolute atomic E-state index is 8.96. The molecule has 20 heavy (non-hydrogen) atoms. The molecule has 0 saturated carbocycles. The number of nitrogens with one attached hydrogen (secondary N) is 1. The summed E-state index contributed by atoms with van der Waals surface area (Å²) in [5, 5.41) is 28.1. The minimum absolute atomic E-state index is 0.282. The highest BCUT2D eigenvalue weighted by atomic mass is 32.1. The first-order valence-electron chi connectivity index (χ1n) is 5.73. The number of H-pyrrole nitrogens is 1. The van der Waals surface area contributed by atoms with E-state index in [2.05, 4.69) is 21.5 Å². The van der Waals surface area contributed by atoms with Crippen LogP contribution in [-0.4, -0.2) is 15.4 Å². The Bertz CT molecular complexity index is 847. The van der Waals surface area contributed by atoms with Gasteiger partial charge >= 0.3 is 0 Å². The monoisotopic (exact) mass is 277 g/mol. The van der Waals surface area contributed by atoms with Gasteiger partial charge in [-0.15, -0.1) is 16.4 Å². The highest BCUT2D eigenvalue weighted by molar-refractivity contribution is 7.18. The summed E-state index contributed by atoms with van der Waals surface area (Å²) in [7, 11) is 0. The van der Waals surface area contributed by atoms with Crippen LogP contribution in [0.25, 0.3) is 21.0 Å². The van der Waals surface area contributed by atoms with Crippen molar-refractivity contribution < 1.29 is 0 Å². The smallest absolute Gasteiger partial charge is 0.191 e. The van der Waals surface area contributed by atoms with Crippen LogP contribution in [0, 0.1) is 22.7 Å². The standard InChI is InChI=1S/C14H7N5S/c15-7-9-2-1-3-10(6-9)12-4-5-13(20-12)14-11(8-16)17-19-18-14/h1-6H,(H,17,18,19). The topological polar surface area (TPSA) is 89.2 Å². The lowest BCUT2D eigenvalue weighted by Crippen LogP contribution is -1.77. The van der Waals surface area contributed by atoms with Gasteiger partial charge in [-0.1, -0.05) is 12.1 Å². The number of hydrogen-bond acceptors (Lipinski definition) is 5. The summed E-state index contributed by atoms with van der Waals surface area (Å²) in [5.41, 5.74) is 2.43. The van der Waals surface area contributed by atoms with Gasteiger partial charge in [0.1, 0.15) is 11.8 Å². The van der Waals surface area contributed by atoms with E-state index >= 15 is 0 Å². The van der Waals surface area contributed by atoms with Gasteiger partial charge in [-0.2, -0.15) is 20.8 Å². The van der Waals surface area contributed by atoms with Crippen LogP contribution in [-0.2, 0) is 0 Å². The number of thiophene rings is 1. The normalized spacial score (nSPS) is 9.90. The van der Waals surface area contributed by atoms with Gasteiger partial charge in [0, 0.05) is 4.88 Å². The van der Waals surface area contributed by atoms with Gasteiger partial charge in [0.25, 0.3) is 0 Å². The maximum Gasteiger partial charge on any atom is 0.191 e. The van der Waals surface area contributed by atoms with Crippen LogP contribution in [0.5, 0.6) is 0 Å². The summed E-state index contributed by atoms with van der Waals surface area (Å²) in [6.07, 6.45) is 0. The van der Waals surface area contributed by atoms with Gasteiger partial charge in [0.05, 0.1) is 16.5 Å². The molecule has 2 aromatic heterocycles. The molecular weight excluding hydrogens is 270 g/mol. The van der Waals surface area contributed by atoms with Crippen molar-refractivity contribution in [1.82, 2.24) is 15.4 Å². The van der Waals surface area contributed by atoms with Crippen molar-refractivity contribution in [1.29, 1.82) is 10.5 Å². The van der Waals surface area contributed by atoms with Gasteiger partial charge in [-0.05, 0) is 29.8 Å². The van der Waals surface area contributed by atoms with E-state index in [4.69, 9.17) is 10.5 Å². The molecule has 0 amide bonds. The molecule has 0 spiro atoms. The Hall–Kier alpha value is -2.96. The van der Waals surface area contributed by atoms with E-state index in [1.807, 2.05) is 36.4 Å². The summed E-state index contributed by atoms with van der Waals surface area (Å²) in [6.45, 7) is 0. The fourth-order valence-electron chi connectivity index (χ4n) is 1.84. The number of benzene rings is 1. The molecule has 0 radical (unpaired) electrons. The Kier molecular flexibility index (Phi) is 3.00. The Labute approximate surface area is 118 Å². The molecule has 0 aliphatic heterocycles. The molecule has 1 N–H and O–H groups in total. The molecule has 0 atom stereocenters. The van der Waals surface area contributed by atoms with Crippen molar-refractivity contribution in [3.63, 3.8) is 0 Å². The van der Waals surface area contributed by atoms with Crippen LogP contribution in [0.3, 0.4) is 0 Å². The van der Waals surface area contributed by atoms with E-state index in [1.165, 1.54) is 11.3 Å². The first-order chi connectivity index (χ1) is 9.81. The number of nitriles is 2. The Morgan fingerprint density at radius 1 is 1.00 bits per heavy atom. The first-order valence-corrected chi connectivity index (χ1v) is 6.55. The molecule has 3 aromatic rings. The second-order valence-electron chi connectivity index (χ2n) is 3.99. The van der Waals surface area contributed by atoms with Gasteiger partial charge in [0.2, 0.25) is 0 Å². The molecule has 0 aliphatic rings. The molecule has 3 rings (SSSR count). The van der Waals surface area contributed by atoms with Crippen LogP contribution in [0.1, 0.15) is 11.3 Å².